The number of hydrogen-bond donors (Lipinski definition) is 1. The Morgan fingerprint density at radius 3 is 2.81 bits per heavy atom. The predicted octanol–water partition coefficient (Wildman–Crippen LogP) is 3.17. The molecule has 1 saturated heterocycles. The standard InChI is InChI=1S/C19H25N5O2.ClH/c1-23-10-7-15-16(5-4-6-17(15)23)18-21-22-19(26-18)20-8-2-3-9-24-11-13-25-14-12-24;/h4-7,10H,2-3,8-9,11-14H2,1H3,(H,20,22);1H. The Balaban J connectivity index is 0.00000210. The lowest BCUT2D eigenvalue weighted by molar-refractivity contribution is 0.0373. The van der Waals surface area contributed by atoms with Crippen molar-refractivity contribution in [1.29, 1.82) is 0 Å². The Hall–Kier alpha value is -2.09. The Morgan fingerprint density at radius 2 is 1.96 bits per heavy atom. The number of ether oxygens (including phenoxy) is 1. The zero-order chi connectivity index (χ0) is 17.8. The number of nitrogens with zero attached hydrogens (tertiary/aromatic N) is 4. The molecule has 7 nitrogen and oxygen atoms in total. The first-order chi connectivity index (χ1) is 12.8. The van der Waals surface area contributed by atoms with E-state index in [4.69, 9.17) is 9.15 Å². The molecule has 0 bridgehead atoms. The van der Waals surface area contributed by atoms with Crippen molar-refractivity contribution in [3.05, 3.63) is 30.5 Å². The number of nitrogens with one attached hydrogen (secondary N) is 1. The maximum atomic E-state index is 5.81. The van der Waals surface area contributed by atoms with Gasteiger partial charge in [-0.25, -0.2) is 0 Å². The number of aromatic nitrogens is 3. The molecule has 8 heteroatoms. The van der Waals surface area contributed by atoms with E-state index in [-0.39, 0.29) is 12.4 Å². The summed E-state index contributed by atoms with van der Waals surface area (Å²) in [6.45, 7) is 5.77. The monoisotopic (exact) mass is 391 g/mol. The molecule has 1 fully saturated rings. The lowest BCUT2D eigenvalue weighted by Crippen LogP contribution is -2.36. The zero-order valence-corrected chi connectivity index (χ0v) is 16.4. The fraction of sp³-hybridized carbons (Fsp3) is 0.474. The highest BCUT2D eigenvalue weighted by Crippen LogP contribution is 2.28. The van der Waals surface area contributed by atoms with Crippen LogP contribution in [0.1, 0.15) is 12.8 Å². The average Bonchev–Trinajstić information content (AvgIpc) is 3.29. The van der Waals surface area contributed by atoms with Crippen molar-refractivity contribution in [2.45, 2.75) is 12.8 Å². The molecule has 0 aliphatic carbocycles. The van der Waals surface area contributed by atoms with E-state index in [1.54, 1.807) is 0 Å². The number of anilines is 1. The minimum absolute atomic E-state index is 0. The van der Waals surface area contributed by atoms with Crippen LogP contribution in [-0.4, -0.2) is 59.1 Å². The summed E-state index contributed by atoms with van der Waals surface area (Å²) in [7, 11) is 2.03. The first kappa shape index (κ1) is 19.7. The summed E-state index contributed by atoms with van der Waals surface area (Å²) < 4.78 is 13.3. The third-order valence-corrected chi connectivity index (χ3v) is 4.86. The van der Waals surface area contributed by atoms with Crippen molar-refractivity contribution in [1.82, 2.24) is 19.7 Å². The second-order valence-electron chi connectivity index (χ2n) is 6.67. The van der Waals surface area contributed by atoms with Crippen LogP contribution in [0, 0.1) is 0 Å². The number of benzene rings is 1. The number of aryl methyl sites for hydroxylation is 1. The first-order valence-electron chi connectivity index (χ1n) is 9.23. The molecule has 0 amide bonds. The van der Waals surface area contributed by atoms with E-state index < -0.39 is 0 Å². The molecule has 0 atom stereocenters. The minimum atomic E-state index is 0. The lowest BCUT2D eigenvalue weighted by atomic mass is 10.1. The van der Waals surface area contributed by atoms with Crippen molar-refractivity contribution >= 4 is 29.3 Å². The van der Waals surface area contributed by atoms with Crippen LogP contribution in [0.3, 0.4) is 0 Å². The van der Waals surface area contributed by atoms with Crippen LogP contribution in [0.25, 0.3) is 22.4 Å². The summed E-state index contributed by atoms with van der Waals surface area (Å²) in [4.78, 5) is 2.45. The van der Waals surface area contributed by atoms with Gasteiger partial charge in [0.2, 0.25) is 5.89 Å². The summed E-state index contributed by atoms with van der Waals surface area (Å²) in [5.41, 5.74) is 2.12. The summed E-state index contributed by atoms with van der Waals surface area (Å²) in [5, 5.41) is 12.7. The fourth-order valence-electron chi connectivity index (χ4n) is 3.37. The summed E-state index contributed by atoms with van der Waals surface area (Å²) in [6, 6.07) is 8.68. The molecule has 1 aliphatic heterocycles. The van der Waals surface area contributed by atoms with Gasteiger partial charge in [0.25, 0.3) is 0 Å². The van der Waals surface area contributed by atoms with E-state index in [0.717, 1.165) is 68.7 Å². The second-order valence-corrected chi connectivity index (χ2v) is 6.67. The molecule has 1 aliphatic rings. The molecule has 27 heavy (non-hydrogen) atoms. The van der Waals surface area contributed by atoms with Gasteiger partial charge in [-0.1, -0.05) is 11.2 Å². The van der Waals surface area contributed by atoms with Gasteiger partial charge >= 0.3 is 6.01 Å². The molecule has 0 spiro atoms. The highest BCUT2D eigenvalue weighted by atomic mass is 35.5. The van der Waals surface area contributed by atoms with Crippen LogP contribution in [0.2, 0.25) is 0 Å². The summed E-state index contributed by atoms with van der Waals surface area (Å²) in [6.07, 6.45) is 4.26. The maximum Gasteiger partial charge on any atom is 0.315 e. The van der Waals surface area contributed by atoms with Crippen LogP contribution >= 0.6 is 12.4 Å². The van der Waals surface area contributed by atoms with Gasteiger partial charge in [0, 0.05) is 49.3 Å². The molecule has 3 aromatic rings. The van der Waals surface area contributed by atoms with Crippen molar-refractivity contribution in [3.8, 4) is 11.5 Å². The molecule has 3 heterocycles. The SMILES string of the molecule is Cl.Cn1ccc2c(-c3nnc(NCCCCN4CCOCC4)o3)cccc21. The molecule has 4 rings (SSSR count). The third kappa shape index (κ3) is 4.61. The Kier molecular flexibility index (Phi) is 6.71. The molecule has 0 unspecified atom stereocenters. The molecule has 1 aromatic carbocycles. The van der Waals surface area contributed by atoms with Gasteiger partial charge in [0.15, 0.2) is 0 Å². The van der Waals surface area contributed by atoms with Gasteiger partial charge in [0.1, 0.15) is 0 Å². The topological polar surface area (TPSA) is 68.4 Å². The molecule has 2 aromatic heterocycles. The fourth-order valence-corrected chi connectivity index (χ4v) is 3.37. The van der Waals surface area contributed by atoms with Crippen molar-refractivity contribution < 1.29 is 9.15 Å². The Morgan fingerprint density at radius 1 is 1.11 bits per heavy atom. The number of unbranched alkanes of at least 4 members (excludes halogenated alkanes) is 1. The predicted molar refractivity (Wildman–Crippen MR) is 108 cm³/mol. The number of morpholine rings is 1. The van der Waals surface area contributed by atoms with E-state index in [1.165, 1.54) is 0 Å². The Labute approximate surface area is 165 Å². The van der Waals surface area contributed by atoms with Gasteiger partial charge in [0.05, 0.1) is 13.2 Å². The average molecular weight is 392 g/mol. The third-order valence-electron chi connectivity index (χ3n) is 4.86. The van der Waals surface area contributed by atoms with Crippen molar-refractivity contribution in [2.24, 2.45) is 7.05 Å². The van der Waals surface area contributed by atoms with Crippen LogP contribution in [-0.2, 0) is 11.8 Å². The summed E-state index contributed by atoms with van der Waals surface area (Å²) >= 11 is 0. The lowest BCUT2D eigenvalue weighted by Gasteiger charge is -2.26. The van der Waals surface area contributed by atoms with Crippen LogP contribution in [0.4, 0.5) is 6.01 Å². The maximum absolute atomic E-state index is 5.81. The van der Waals surface area contributed by atoms with E-state index in [1.807, 2.05) is 25.4 Å². The molecule has 0 radical (unpaired) electrons. The second kappa shape index (κ2) is 9.21. The summed E-state index contributed by atoms with van der Waals surface area (Å²) in [5.74, 6) is 0.553. The van der Waals surface area contributed by atoms with Crippen LogP contribution in [0.5, 0.6) is 0 Å². The smallest absolute Gasteiger partial charge is 0.315 e. The highest BCUT2D eigenvalue weighted by Gasteiger charge is 2.13. The molecular formula is C19H26ClN5O2. The van der Waals surface area contributed by atoms with E-state index >= 15 is 0 Å². The zero-order valence-electron chi connectivity index (χ0n) is 15.6. The minimum Gasteiger partial charge on any atom is -0.403 e. The van der Waals surface area contributed by atoms with E-state index in [0.29, 0.717) is 11.9 Å². The number of hydrogen-bond acceptors (Lipinski definition) is 6. The number of rotatable bonds is 7. The first-order valence-corrected chi connectivity index (χ1v) is 9.23. The molecule has 146 valence electrons. The quantitative estimate of drug-likeness (QED) is 0.624. The van der Waals surface area contributed by atoms with Crippen LogP contribution < -0.4 is 5.32 Å². The van der Waals surface area contributed by atoms with Gasteiger partial charge in [-0.15, -0.1) is 17.5 Å². The van der Waals surface area contributed by atoms with Crippen molar-refractivity contribution in [2.75, 3.05) is 44.7 Å². The van der Waals surface area contributed by atoms with Crippen molar-refractivity contribution in [3.63, 3.8) is 0 Å². The van der Waals surface area contributed by atoms with E-state index in [9.17, 15) is 0 Å². The van der Waals surface area contributed by atoms with Gasteiger partial charge in [-0.2, -0.15) is 0 Å². The molecule has 0 saturated carbocycles. The normalized spacial score (nSPS) is 15.0. The number of halogens is 1. The van der Waals surface area contributed by atoms with Gasteiger partial charge in [-0.3, -0.25) is 4.90 Å². The largest absolute Gasteiger partial charge is 0.403 e. The number of fused-ring (bicyclic) bond motifs is 1. The molecule has 1 N–H and O–H groups in total. The Bertz CT molecular complexity index is 857. The van der Waals surface area contributed by atoms with Crippen LogP contribution in [0.15, 0.2) is 34.9 Å². The van der Waals surface area contributed by atoms with Gasteiger partial charge in [-0.05, 0) is 37.6 Å². The van der Waals surface area contributed by atoms with E-state index in [2.05, 4.69) is 37.1 Å². The highest BCUT2D eigenvalue weighted by molar-refractivity contribution is 5.93. The van der Waals surface area contributed by atoms with Gasteiger partial charge < -0.3 is 19.0 Å². The molecular weight excluding hydrogens is 366 g/mol.